The van der Waals surface area contributed by atoms with E-state index >= 15 is 0 Å². The molecule has 1 heterocycles. The van der Waals surface area contributed by atoms with Crippen molar-refractivity contribution < 1.29 is 14.3 Å². The van der Waals surface area contributed by atoms with E-state index in [0.717, 1.165) is 16.3 Å². The number of carbonyl (C=O) groups is 2. The Bertz CT molecular complexity index is 1200. The largest absolute Gasteiger partial charge is 0.495 e. The lowest BCUT2D eigenvalue weighted by Gasteiger charge is -2.13. The number of benzene rings is 2. The maximum atomic E-state index is 12.4. The molecule has 0 aliphatic carbocycles. The molecule has 3 rings (SSSR count). The van der Waals surface area contributed by atoms with Gasteiger partial charge in [-0.25, -0.2) is 4.98 Å². The predicted octanol–water partition coefficient (Wildman–Crippen LogP) is 2.04. The minimum atomic E-state index is -0.348. The number of nitrogens with zero attached hydrogens (tertiary/aromatic N) is 2. The lowest BCUT2D eigenvalue weighted by molar-refractivity contribution is -0.111. The zero-order valence-corrected chi connectivity index (χ0v) is 17.6. The fourth-order valence-corrected chi connectivity index (χ4v) is 3.10. The van der Waals surface area contributed by atoms with E-state index in [1.165, 1.54) is 13.2 Å². The van der Waals surface area contributed by atoms with Crippen molar-refractivity contribution in [2.45, 2.75) is 0 Å². The van der Waals surface area contributed by atoms with E-state index in [4.69, 9.17) is 16.2 Å². The molecule has 6 N–H and O–H groups in total. The van der Waals surface area contributed by atoms with Crippen LogP contribution in [0.3, 0.4) is 0 Å². The van der Waals surface area contributed by atoms with Gasteiger partial charge in [-0.2, -0.15) is 0 Å². The number of fused-ring (bicyclic) bond motifs is 1. The lowest BCUT2D eigenvalue weighted by Crippen LogP contribution is -2.29. The van der Waals surface area contributed by atoms with E-state index in [1.54, 1.807) is 24.3 Å². The van der Waals surface area contributed by atoms with E-state index in [9.17, 15) is 9.59 Å². The number of hydrogen-bond donors (Lipinski definition) is 4. The molecule has 0 radical (unpaired) electrons. The van der Waals surface area contributed by atoms with Gasteiger partial charge in [0.1, 0.15) is 11.4 Å². The summed E-state index contributed by atoms with van der Waals surface area (Å²) in [6.07, 6.45) is 1.19. The van der Waals surface area contributed by atoms with Gasteiger partial charge in [-0.15, -0.1) is 0 Å². The number of guanidine groups is 1. The van der Waals surface area contributed by atoms with Crippen LogP contribution in [0.4, 0.5) is 5.69 Å². The molecular weight excluding hydrogens is 408 g/mol. The summed E-state index contributed by atoms with van der Waals surface area (Å²) in [6.45, 7) is 4.06. The van der Waals surface area contributed by atoms with Crippen LogP contribution >= 0.6 is 0 Å². The van der Waals surface area contributed by atoms with Crippen LogP contribution in [0.1, 0.15) is 10.5 Å². The van der Waals surface area contributed by atoms with Crippen molar-refractivity contribution in [2.24, 2.45) is 16.5 Å². The second kappa shape index (κ2) is 10.1. The van der Waals surface area contributed by atoms with E-state index in [-0.39, 0.29) is 36.6 Å². The maximum Gasteiger partial charge on any atom is 0.269 e. The van der Waals surface area contributed by atoms with Crippen molar-refractivity contribution in [1.29, 1.82) is 0 Å². The van der Waals surface area contributed by atoms with Gasteiger partial charge in [-0.3, -0.25) is 14.6 Å². The van der Waals surface area contributed by atoms with Gasteiger partial charge in [0, 0.05) is 17.5 Å². The number of rotatable bonds is 8. The summed E-state index contributed by atoms with van der Waals surface area (Å²) in [5.41, 5.74) is 12.7. The molecule has 9 nitrogen and oxygen atoms in total. The average Bonchev–Trinajstić information content (AvgIpc) is 2.81. The summed E-state index contributed by atoms with van der Waals surface area (Å²) >= 11 is 0. The van der Waals surface area contributed by atoms with Crippen LogP contribution in [0.2, 0.25) is 0 Å². The summed E-state index contributed by atoms with van der Waals surface area (Å²) in [4.78, 5) is 32.7. The quantitative estimate of drug-likeness (QED) is 0.185. The average molecular weight is 432 g/mol. The van der Waals surface area contributed by atoms with Crippen LogP contribution in [0.5, 0.6) is 5.75 Å². The van der Waals surface area contributed by atoms with Crippen molar-refractivity contribution in [3.05, 3.63) is 66.9 Å². The highest BCUT2D eigenvalue weighted by molar-refractivity contribution is 6.08. The van der Waals surface area contributed by atoms with Crippen LogP contribution in [0.25, 0.3) is 22.0 Å². The molecule has 0 bridgehead atoms. The van der Waals surface area contributed by atoms with Crippen LogP contribution < -0.4 is 26.8 Å². The van der Waals surface area contributed by atoms with Gasteiger partial charge in [-0.1, -0.05) is 30.8 Å². The van der Waals surface area contributed by atoms with E-state index in [1.807, 2.05) is 24.3 Å². The topological polar surface area (TPSA) is 145 Å². The Labute approximate surface area is 185 Å². The molecule has 2 aromatic carbocycles. The molecular formula is C23H24N6O3. The Morgan fingerprint density at radius 2 is 1.97 bits per heavy atom. The van der Waals surface area contributed by atoms with Crippen molar-refractivity contribution in [2.75, 3.05) is 25.5 Å². The third-order valence-electron chi connectivity index (χ3n) is 4.61. The fraction of sp³-hybridized carbons (Fsp3) is 0.130. The molecule has 2 amide bonds. The van der Waals surface area contributed by atoms with Crippen molar-refractivity contribution in [3.8, 4) is 17.0 Å². The highest BCUT2D eigenvalue weighted by Gasteiger charge is 2.13. The zero-order valence-electron chi connectivity index (χ0n) is 17.6. The smallest absolute Gasteiger partial charge is 0.269 e. The van der Waals surface area contributed by atoms with E-state index in [2.05, 4.69) is 27.2 Å². The molecule has 164 valence electrons. The summed E-state index contributed by atoms with van der Waals surface area (Å²) in [6, 6.07) is 14.6. The summed E-state index contributed by atoms with van der Waals surface area (Å²) in [5.74, 6) is -0.194. The molecule has 9 heteroatoms. The molecule has 0 aliphatic heterocycles. The minimum Gasteiger partial charge on any atom is -0.495 e. The highest BCUT2D eigenvalue weighted by atomic mass is 16.5. The number of nitrogens with one attached hydrogen (secondary N) is 2. The van der Waals surface area contributed by atoms with E-state index < -0.39 is 0 Å². The molecule has 0 unspecified atom stereocenters. The normalized spacial score (nSPS) is 10.3. The van der Waals surface area contributed by atoms with Gasteiger partial charge in [0.2, 0.25) is 5.91 Å². The van der Waals surface area contributed by atoms with Gasteiger partial charge in [-0.05, 0) is 35.7 Å². The predicted molar refractivity (Wildman–Crippen MR) is 126 cm³/mol. The molecule has 0 saturated heterocycles. The van der Waals surface area contributed by atoms with E-state index in [0.29, 0.717) is 17.1 Å². The first kappa shape index (κ1) is 22.3. The minimum absolute atomic E-state index is 0.0315. The number of carbonyl (C=O) groups excluding carboxylic acids is 2. The molecule has 1 aromatic heterocycles. The molecule has 0 spiro atoms. The Morgan fingerprint density at radius 3 is 2.69 bits per heavy atom. The number of nitrogens with two attached hydrogens (primary N) is 2. The summed E-state index contributed by atoms with van der Waals surface area (Å²) in [5, 5.41) is 7.20. The second-order valence-electron chi connectivity index (χ2n) is 6.74. The van der Waals surface area contributed by atoms with Gasteiger partial charge < -0.3 is 26.8 Å². The second-order valence-corrected chi connectivity index (χ2v) is 6.74. The summed E-state index contributed by atoms with van der Waals surface area (Å²) < 4.78 is 5.41. The molecule has 32 heavy (non-hydrogen) atoms. The van der Waals surface area contributed by atoms with Crippen LogP contribution in [-0.2, 0) is 4.79 Å². The zero-order chi connectivity index (χ0) is 23.1. The number of ether oxygens (including phenoxy) is 1. The SMILES string of the molecule is C=CC(=O)Nc1c(OC)ccc2ccc(-c3cccc(C(=O)NCCN=C(N)N)n3)cc12. The maximum absolute atomic E-state index is 12.4. The van der Waals surface area contributed by atoms with Crippen molar-refractivity contribution >= 4 is 34.2 Å². The van der Waals surface area contributed by atoms with Crippen LogP contribution in [-0.4, -0.2) is 43.0 Å². The first-order valence-corrected chi connectivity index (χ1v) is 9.78. The Morgan fingerprint density at radius 1 is 1.19 bits per heavy atom. The number of aromatic nitrogens is 1. The third-order valence-corrected chi connectivity index (χ3v) is 4.61. The van der Waals surface area contributed by atoms with Gasteiger partial charge in [0.25, 0.3) is 5.91 Å². The number of aliphatic imine (C=N–C) groups is 1. The van der Waals surface area contributed by atoms with Crippen molar-refractivity contribution in [3.63, 3.8) is 0 Å². The summed E-state index contributed by atoms with van der Waals surface area (Å²) in [7, 11) is 1.53. The Kier molecular flexibility index (Phi) is 7.02. The van der Waals surface area contributed by atoms with Crippen LogP contribution in [0.15, 0.2) is 66.2 Å². The Hall–Kier alpha value is -4.40. The molecule has 0 atom stereocenters. The third kappa shape index (κ3) is 5.20. The molecule has 3 aromatic rings. The van der Waals surface area contributed by atoms with Gasteiger partial charge in [0.05, 0.1) is 25.0 Å². The fourth-order valence-electron chi connectivity index (χ4n) is 3.10. The number of methoxy groups -OCH3 is 1. The lowest BCUT2D eigenvalue weighted by atomic mass is 10.0. The number of hydrogen-bond acceptors (Lipinski definition) is 5. The first-order chi connectivity index (χ1) is 15.4. The molecule has 0 saturated carbocycles. The Balaban J connectivity index is 1.94. The number of amides is 2. The molecule has 0 aliphatic rings. The highest BCUT2D eigenvalue weighted by Crippen LogP contribution is 2.35. The number of pyridine rings is 1. The van der Waals surface area contributed by atoms with Crippen LogP contribution in [0, 0.1) is 0 Å². The molecule has 0 fully saturated rings. The van der Waals surface area contributed by atoms with Gasteiger partial charge in [0.15, 0.2) is 5.96 Å². The first-order valence-electron chi connectivity index (χ1n) is 9.78. The standard InChI is InChI=1S/C23H24N6O3/c1-3-20(30)29-21-16-13-15(8-7-14(16)9-10-19(21)32-2)17-5-4-6-18(28-17)22(31)26-11-12-27-23(24)25/h3-10,13H,1,11-12H2,2H3,(H,26,31)(H,29,30)(H4,24,25,27). The monoisotopic (exact) mass is 432 g/mol. The van der Waals surface area contributed by atoms with Crippen molar-refractivity contribution in [1.82, 2.24) is 10.3 Å². The number of anilines is 1. The van der Waals surface area contributed by atoms with Gasteiger partial charge >= 0.3 is 0 Å².